The molecule has 1 atom stereocenters. The first-order valence-corrected chi connectivity index (χ1v) is 6.93. The van der Waals surface area contributed by atoms with Gasteiger partial charge in [-0.05, 0) is 30.7 Å². The van der Waals surface area contributed by atoms with Crippen LogP contribution in [0.3, 0.4) is 0 Å². The monoisotopic (exact) mass is 334 g/mol. The Labute approximate surface area is 125 Å². The van der Waals surface area contributed by atoms with Gasteiger partial charge in [0.15, 0.2) is 5.82 Å². The molecule has 1 aromatic carbocycles. The molecule has 1 N–H and O–H groups in total. The van der Waals surface area contributed by atoms with Crippen molar-refractivity contribution >= 4 is 27.9 Å². The Balaban J connectivity index is 1.97. The second-order valence-electron chi connectivity index (χ2n) is 4.42. The average molecular weight is 335 g/mol. The molecule has 1 amide bonds. The van der Waals surface area contributed by atoms with Crippen molar-refractivity contribution in [3.8, 4) is 0 Å². The van der Waals surface area contributed by atoms with E-state index >= 15 is 0 Å². The van der Waals surface area contributed by atoms with E-state index in [9.17, 15) is 4.79 Å². The van der Waals surface area contributed by atoms with E-state index in [2.05, 4.69) is 31.4 Å². The van der Waals surface area contributed by atoms with E-state index in [0.717, 1.165) is 10.0 Å². The van der Waals surface area contributed by atoms with Gasteiger partial charge in [-0.3, -0.25) is 4.79 Å². The molecule has 2 rings (SSSR count). The topological polar surface area (TPSA) is 59.8 Å². The van der Waals surface area contributed by atoms with Crippen molar-refractivity contribution in [1.82, 2.24) is 20.1 Å². The molecule has 0 saturated heterocycles. The fourth-order valence-corrected chi connectivity index (χ4v) is 2.21. The largest absolute Gasteiger partial charge is 0.343 e. The van der Waals surface area contributed by atoms with Crippen LogP contribution in [-0.4, -0.2) is 20.7 Å². The molecule has 0 radical (unpaired) electrons. The van der Waals surface area contributed by atoms with Crippen molar-refractivity contribution in [2.45, 2.75) is 13.0 Å². The summed E-state index contributed by atoms with van der Waals surface area (Å²) in [5.74, 6) is 0.551. The van der Waals surface area contributed by atoms with E-state index in [-0.39, 0.29) is 11.9 Å². The summed E-state index contributed by atoms with van der Waals surface area (Å²) >= 11 is 3.39. The normalized spacial score (nSPS) is 12.6. The first-order valence-electron chi connectivity index (χ1n) is 6.14. The van der Waals surface area contributed by atoms with E-state index in [1.54, 1.807) is 17.0 Å². The first-order chi connectivity index (χ1) is 9.56. The molecule has 0 aliphatic heterocycles. The number of carbonyl (C=O) groups is 1. The summed E-state index contributed by atoms with van der Waals surface area (Å²) in [7, 11) is 1.84. The Morgan fingerprint density at radius 2 is 2.30 bits per heavy atom. The summed E-state index contributed by atoms with van der Waals surface area (Å²) in [5, 5.41) is 10.6. The van der Waals surface area contributed by atoms with Crippen LogP contribution in [0.5, 0.6) is 0 Å². The van der Waals surface area contributed by atoms with Crippen LogP contribution in [0.4, 0.5) is 0 Å². The molecule has 0 saturated carbocycles. The highest BCUT2D eigenvalue weighted by atomic mass is 79.9. The maximum Gasteiger partial charge on any atom is 0.244 e. The number of nitrogens with one attached hydrogen (secondary N) is 1. The van der Waals surface area contributed by atoms with Crippen LogP contribution in [0.25, 0.3) is 6.08 Å². The Kier molecular flexibility index (Phi) is 4.68. The fraction of sp³-hybridized carbons (Fsp3) is 0.214. The van der Waals surface area contributed by atoms with E-state index in [1.807, 2.05) is 38.2 Å². The van der Waals surface area contributed by atoms with Gasteiger partial charge in [-0.2, -0.15) is 0 Å². The lowest BCUT2D eigenvalue weighted by atomic mass is 10.2. The molecule has 0 bridgehead atoms. The lowest BCUT2D eigenvalue weighted by molar-refractivity contribution is -0.117. The smallest absolute Gasteiger partial charge is 0.244 e. The van der Waals surface area contributed by atoms with Crippen molar-refractivity contribution < 1.29 is 4.79 Å². The lowest BCUT2D eigenvalue weighted by Crippen LogP contribution is -2.26. The number of benzene rings is 1. The van der Waals surface area contributed by atoms with Crippen LogP contribution in [0.15, 0.2) is 41.1 Å². The van der Waals surface area contributed by atoms with Crippen LogP contribution in [0.2, 0.25) is 0 Å². The molecular formula is C14H15BrN4O. The zero-order valence-electron chi connectivity index (χ0n) is 11.2. The second kappa shape index (κ2) is 6.47. The van der Waals surface area contributed by atoms with Crippen molar-refractivity contribution in [1.29, 1.82) is 0 Å². The van der Waals surface area contributed by atoms with Gasteiger partial charge < -0.3 is 9.88 Å². The minimum absolute atomic E-state index is 0.166. The standard InChI is InChI=1S/C14H15BrN4O/c1-10(14-18-16-9-19(14)2)17-13(20)7-6-11-4-3-5-12(15)8-11/h3-10H,1-2H3,(H,17,20)/b7-6-/t10-/m1/s1. The molecule has 0 fully saturated rings. The summed E-state index contributed by atoms with van der Waals surface area (Å²) in [5.41, 5.74) is 0.959. The number of rotatable bonds is 4. The van der Waals surface area contributed by atoms with Gasteiger partial charge in [0, 0.05) is 17.6 Å². The Morgan fingerprint density at radius 3 is 2.95 bits per heavy atom. The van der Waals surface area contributed by atoms with Crippen LogP contribution < -0.4 is 5.32 Å². The van der Waals surface area contributed by atoms with E-state index in [0.29, 0.717) is 5.82 Å². The van der Waals surface area contributed by atoms with E-state index in [4.69, 9.17) is 0 Å². The molecule has 1 aromatic heterocycles. The van der Waals surface area contributed by atoms with Gasteiger partial charge in [-0.25, -0.2) is 0 Å². The van der Waals surface area contributed by atoms with Crippen LogP contribution in [0, 0.1) is 0 Å². The van der Waals surface area contributed by atoms with Crippen molar-refractivity contribution in [3.63, 3.8) is 0 Å². The van der Waals surface area contributed by atoms with Gasteiger partial charge in [-0.1, -0.05) is 28.1 Å². The number of amides is 1. The van der Waals surface area contributed by atoms with Gasteiger partial charge in [0.1, 0.15) is 6.33 Å². The SMILES string of the molecule is C[C@@H](NC(=O)/C=C\c1cccc(Br)c1)c1nncn1C. The van der Waals surface area contributed by atoms with Gasteiger partial charge >= 0.3 is 0 Å². The molecule has 1 heterocycles. The molecule has 0 unspecified atom stereocenters. The van der Waals surface area contributed by atoms with E-state index < -0.39 is 0 Å². The van der Waals surface area contributed by atoms with Crippen LogP contribution in [-0.2, 0) is 11.8 Å². The zero-order valence-corrected chi connectivity index (χ0v) is 12.8. The predicted octanol–water partition coefficient (Wildman–Crippen LogP) is 2.47. The molecular weight excluding hydrogens is 320 g/mol. The van der Waals surface area contributed by atoms with Gasteiger partial charge in [0.25, 0.3) is 0 Å². The maximum absolute atomic E-state index is 11.9. The number of aromatic nitrogens is 3. The maximum atomic E-state index is 11.9. The molecule has 104 valence electrons. The summed E-state index contributed by atoms with van der Waals surface area (Å²) < 4.78 is 2.76. The average Bonchev–Trinajstić information content (AvgIpc) is 2.83. The fourth-order valence-electron chi connectivity index (χ4n) is 1.79. The Hall–Kier alpha value is -1.95. The van der Waals surface area contributed by atoms with Gasteiger partial charge in [-0.15, -0.1) is 10.2 Å². The summed E-state index contributed by atoms with van der Waals surface area (Å²) in [4.78, 5) is 11.9. The zero-order chi connectivity index (χ0) is 14.5. The summed E-state index contributed by atoms with van der Waals surface area (Å²) in [6.07, 6.45) is 4.88. The second-order valence-corrected chi connectivity index (χ2v) is 5.33. The molecule has 0 aliphatic rings. The molecule has 0 aliphatic carbocycles. The highest BCUT2D eigenvalue weighted by Crippen LogP contribution is 2.13. The van der Waals surface area contributed by atoms with Crippen LogP contribution >= 0.6 is 15.9 Å². The Morgan fingerprint density at radius 1 is 1.50 bits per heavy atom. The van der Waals surface area contributed by atoms with Crippen LogP contribution in [0.1, 0.15) is 24.4 Å². The molecule has 6 heteroatoms. The van der Waals surface area contributed by atoms with Crippen molar-refractivity contribution in [2.75, 3.05) is 0 Å². The summed E-state index contributed by atoms with van der Waals surface area (Å²) in [6, 6.07) is 7.54. The van der Waals surface area contributed by atoms with Crippen molar-refractivity contribution in [2.24, 2.45) is 7.05 Å². The van der Waals surface area contributed by atoms with Gasteiger partial charge in [0.05, 0.1) is 6.04 Å². The first kappa shape index (κ1) is 14.5. The highest BCUT2D eigenvalue weighted by Gasteiger charge is 2.12. The number of nitrogens with zero attached hydrogens (tertiary/aromatic N) is 3. The number of aryl methyl sites for hydroxylation is 1. The Bertz CT molecular complexity index is 636. The molecule has 20 heavy (non-hydrogen) atoms. The minimum Gasteiger partial charge on any atom is -0.343 e. The third kappa shape index (κ3) is 3.77. The number of hydrogen-bond donors (Lipinski definition) is 1. The third-order valence-corrected chi connectivity index (χ3v) is 3.26. The van der Waals surface area contributed by atoms with E-state index in [1.165, 1.54) is 6.08 Å². The quantitative estimate of drug-likeness (QED) is 0.874. The lowest BCUT2D eigenvalue weighted by Gasteiger charge is -2.11. The molecule has 0 spiro atoms. The highest BCUT2D eigenvalue weighted by molar-refractivity contribution is 9.10. The third-order valence-electron chi connectivity index (χ3n) is 2.77. The number of halogens is 1. The number of carbonyl (C=O) groups excluding carboxylic acids is 1. The number of hydrogen-bond acceptors (Lipinski definition) is 3. The van der Waals surface area contributed by atoms with Crippen molar-refractivity contribution in [3.05, 3.63) is 52.5 Å². The van der Waals surface area contributed by atoms with Gasteiger partial charge in [0.2, 0.25) is 5.91 Å². The molecule has 2 aromatic rings. The minimum atomic E-state index is -0.192. The predicted molar refractivity (Wildman–Crippen MR) is 80.7 cm³/mol. The summed E-state index contributed by atoms with van der Waals surface area (Å²) in [6.45, 7) is 1.87. The molecule has 5 nitrogen and oxygen atoms in total.